The van der Waals surface area contributed by atoms with Gasteiger partial charge in [-0.15, -0.1) is 0 Å². The second-order valence-electron chi connectivity index (χ2n) is 3.80. The van der Waals surface area contributed by atoms with Crippen LogP contribution < -0.4 is 4.74 Å². The Kier molecular flexibility index (Phi) is 2.60. The number of fused-ring (bicyclic) bond motifs is 1. The van der Waals surface area contributed by atoms with Crippen LogP contribution in [0.2, 0.25) is 0 Å². The fourth-order valence-corrected chi connectivity index (χ4v) is 1.70. The average Bonchev–Trinajstić information content (AvgIpc) is 2.86. The number of hydrogen-bond acceptors (Lipinski definition) is 4. The molecule has 0 unspecified atom stereocenters. The molecule has 3 rings (SSSR count). The number of aromatic carboxylic acids is 1. The SMILES string of the molecule is O=C(O)c1ccccc1Oc1ccn2nccc2n1. The number of aromatic nitrogens is 3. The van der Waals surface area contributed by atoms with E-state index in [0.717, 1.165) is 0 Å². The fraction of sp³-hybridized carbons (Fsp3) is 0. The number of carboxylic acid groups (broad SMARTS) is 1. The van der Waals surface area contributed by atoms with Crippen molar-refractivity contribution in [1.82, 2.24) is 14.6 Å². The third kappa shape index (κ3) is 2.11. The first kappa shape index (κ1) is 11.2. The maximum atomic E-state index is 11.1. The minimum atomic E-state index is -1.04. The molecule has 0 aliphatic rings. The molecule has 6 nitrogen and oxygen atoms in total. The molecular weight excluding hydrogens is 246 g/mol. The number of para-hydroxylation sites is 1. The lowest BCUT2D eigenvalue weighted by atomic mass is 10.2. The summed E-state index contributed by atoms with van der Waals surface area (Å²) in [6.07, 6.45) is 3.32. The highest BCUT2D eigenvalue weighted by Gasteiger charge is 2.11. The molecule has 6 heteroatoms. The number of rotatable bonds is 3. The summed E-state index contributed by atoms with van der Waals surface area (Å²) in [4.78, 5) is 15.3. The fourth-order valence-electron chi connectivity index (χ4n) is 1.70. The van der Waals surface area contributed by atoms with Crippen LogP contribution in [-0.2, 0) is 0 Å². The number of carboxylic acids is 1. The Bertz CT molecular complexity index is 751. The summed E-state index contributed by atoms with van der Waals surface area (Å²) >= 11 is 0. The van der Waals surface area contributed by atoms with E-state index in [0.29, 0.717) is 11.5 Å². The van der Waals surface area contributed by atoms with Gasteiger partial charge in [-0.3, -0.25) is 0 Å². The van der Waals surface area contributed by atoms with Gasteiger partial charge in [-0.2, -0.15) is 10.1 Å². The van der Waals surface area contributed by atoms with Crippen LogP contribution in [-0.4, -0.2) is 25.7 Å². The third-order valence-electron chi connectivity index (χ3n) is 2.56. The van der Waals surface area contributed by atoms with Gasteiger partial charge in [0.25, 0.3) is 0 Å². The summed E-state index contributed by atoms with van der Waals surface area (Å²) in [5, 5.41) is 13.1. The molecule has 0 amide bonds. The lowest BCUT2D eigenvalue weighted by Crippen LogP contribution is -2.00. The van der Waals surface area contributed by atoms with Crippen molar-refractivity contribution in [1.29, 1.82) is 0 Å². The average molecular weight is 255 g/mol. The first-order valence-corrected chi connectivity index (χ1v) is 5.54. The van der Waals surface area contributed by atoms with Gasteiger partial charge < -0.3 is 9.84 Å². The van der Waals surface area contributed by atoms with Crippen LogP contribution in [0.5, 0.6) is 11.6 Å². The van der Waals surface area contributed by atoms with Crippen LogP contribution in [0.4, 0.5) is 0 Å². The molecule has 0 fully saturated rings. The van der Waals surface area contributed by atoms with Crippen molar-refractivity contribution in [2.24, 2.45) is 0 Å². The third-order valence-corrected chi connectivity index (χ3v) is 2.56. The van der Waals surface area contributed by atoms with E-state index >= 15 is 0 Å². The second kappa shape index (κ2) is 4.41. The van der Waals surface area contributed by atoms with Crippen LogP contribution in [0.1, 0.15) is 10.4 Å². The van der Waals surface area contributed by atoms with Crippen molar-refractivity contribution in [2.75, 3.05) is 0 Å². The van der Waals surface area contributed by atoms with Crippen LogP contribution in [0.15, 0.2) is 48.8 Å². The molecule has 0 radical (unpaired) electrons. The van der Waals surface area contributed by atoms with Gasteiger partial charge in [0, 0.05) is 18.3 Å². The summed E-state index contributed by atoms with van der Waals surface area (Å²) < 4.78 is 7.11. The summed E-state index contributed by atoms with van der Waals surface area (Å²) in [7, 11) is 0. The van der Waals surface area contributed by atoms with Gasteiger partial charge in [0.15, 0.2) is 5.65 Å². The Morgan fingerprint density at radius 1 is 1.21 bits per heavy atom. The molecule has 0 bridgehead atoms. The van der Waals surface area contributed by atoms with E-state index in [1.165, 1.54) is 6.07 Å². The molecule has 2 heterocycles. The quantitative estimate of drug-likeness (QED) is 0.776. The van der Waals surface area contributed by atoms with Gasteiger partial charge in [0.1, 0.15) is 11.3 Å². The Balaban J connectivity index is 1.98. The number of ether oxygens (including phenoxy) is 1. The van der Waals surface area contributed by atoms with Crippen LogP contribution >= 0.6 is 0 Å². The van der Waals surface area contributed by atoms with E-state index in [1.54, 1.807) is 47.2 Å². The zero-order valence-corrected chi connectivity index (χ0v) is 9.72. The molecule has 1 N–H and O–H groups in total. The number of hydrogen-bond donors (Lipinski definition) is 1. The minimum absolute atomic E-state index is 0.0951. The maximum Gasteiger partial charge on any atom is 0.339 e. The highest BCUT2D eigenvalue weighted by molar-refractivity contribution is 5.90. The van der Waals surface area contributed by atoms with Crippen molar-refractivity contribution in [3.05, 3.63) is 54.4 Å². The van der Waals surface area contributed by atoms with E-state index in [2.05, 4.69) is 10.1 Å². The molecular formula is C13H9N3O3. The molecule has 0 aliphatic carbocycles. The second-order valence-corrected chi connectivity index (χ2v) is 3.80. The Morgan fingerprint density at radius 2 is 2.05 bits per heavy atom. The summed E-state index contributed by atoms with van der Waals surface area (Å²) in [6, 6.07) is 9.78. The molecule has 0 aliphatic heterocycles. The number of nitrogens with zero attached hydrogens (tertiary/aromatic N) is 3. The first-order valence-electron chi connectivity index (χ1n) is 5.54. The van der Waals surface area contributed by atoms with Crippen molar-refractivity contribution < 1.29 is 14.6 Å². The van der Waals surface area contributed by atoms with E-state index in [1.807, 2.05) is 0 Å². The van der Waals surface area contributed by atoms with Crippen molar-refractivity contribution in [2.45, 2.75) is 0 Å². The predicted octanol–water partition coefficient (Wildman–Crippen LogP) is 2.22. The largest absolute Gasteiger partial charge is 0.478 e. The molecule has 2 aromatic heterocycles. The molecule has 94 valence electrons. The van der Waals surface area contributed by atoms with E-state index < -0.39 is 5.97 Å². The zero-order chi connectivity index (χ0) is 13.2. The lowest BCUT2D eigenvalue weighted by Gasteiger charge is -2.07. The topological polar surface area (TPSA) is 76.7 Å². The maximum absolute atomic E-state index is 11.1. The molecule has 0 atom stereocenters. The molecule has 1 aromatic carbocycles. The lowest BCUT2D eigenvalue weighted by molar-refractivity contribution is 0.0694. The molecule has 0 saturated heterocycles. The molecule has 0 saturated carbocycles. The van der Waals surface area contributed by atoms with Crippen LogP contribution in [0.25, 0.3) is 5.65 Å². The van der Waals surface area contributed by atoms with Gasteiger partial charge in [-0.05, 0) is 12.1 Å². The van der Waals surface area contributed by atoms with Crippen molar-refractivity contribution in [3.8, 4) is 11.6 Å². The Morgan fingerprint density at radius 3 is 2.89 bits per heavy atom. The Hall–Kier alpha value is -2.89. The highest BCUT2D eigenvalue weighted by Crippen LogP contribution is 2.24. The molecule has 3 aromatic rings. The van der Waals surface area contributed by atoms with E-state index in [4.69, 9.17) is 9.84 Å². The summed E-state index contributed by atoms with van der Waals surface area (Å²) in [6.45, 7) is 0. The Labute approximate surface area is 107 Å². The van der Waals surface area contributed by atoms with Crippen molar-refractivity contribution >= 4 is 11.6 Å². The summed E-state index contributed by atoms with van der Waals surface area (Å²) in [5.41, 5.74) is 0.725. The van der Waals surface area contributed by atoms with Crippen molar-refractivity contribution in [3.63, 3.8) is 0 Å². The molecule has 0 spiro atoms. The smallest absolute Gasteiger partial charge is 0.339 e. The normalized spacial score (nSPS) is 10.5. The first-order chi connectivity index (χ1) is 9.24. The zero-order valence-electron chi connectivity index (χ0n) is 9.72. The molecule has 19 heavy (non-hydrogen) atoms. The van der Waals surface area contributed by atoms with Gasteiger partial charge in [0.05, 0.1) is 6.20 Å². The minimum Gasteiger partial charge on any atom is -0.478 e. The van der Waals surface area contributed by atoms with Gasteiger partial charge in [0.2, 0.25) is 5.88 Å². The number of carbonyl (C=O) groups is 1. The number of benzene rings is 1. The standard InChI is InChI=1S/C13H9N3O3/c17-13(18)9-3-1-2-4-10(9)19-12-6-8-16-11(15-12)5-7-14-16/h1-8H,(H,17,18). The van der Waals surface area contributed by atoms with E-state index in [9.17, 15) is 4.79 Å². The highest BCUT2D eigenvalue weighted by atomic mass is 16.5. The monoisotopic (exact) mass is 255 g/mol. The predicted molar refractivity (Wildman–Crippen MR) is 66.5 cm³/mol. The van der Waals surface area contributed by atoms with E-state index in [-0.39, 0.29) is 11.3 Å². The van der Waals surface area contributed by atoms with Gasteiger partial charge >= 0.3 is 5.97 Å². The van der Waals surface area contributed by atoms with Gasteiger partial charge in [-0.25, -0.2) is 9.31 Å². The van der Waals surface area contributed by atoms with Gasteiger partial charge in [-0.1, -0.05) is 12.1 Å². The van der Waals surface area contributed by atoms with Crippen LogP contribution in [0.3, 0.4) is 0 Å². The summed E-state index contributed by atoms with van der Waals surface area (Å²) in [5.74, 6) is -0.464. The van der Waals surface area contributed by atoms with Crippen LogP contribution in [0, 0.1) is 0 Å².